The molecule has 0 spiro atoms. The Morgan fingerprint density at radius 3 is 2.73 bits per heavy atom. The van der Waals surface area contributed by atoms with Crippen LogP contribution in [0.2, 0.25) is 0 Å². The van der Waals surface area contributed by atoms with Gasteiger partial charge in [0.1, 0.15) is 0 Å². The van der Waals surface area contributed by atoms with Gasteiger partial charge >= 0.3 is 0 Å². The Hall–Kier alpha value is -1.57. The highest BCUT2D eigenvalue weighted by atomic mass is 14.8. The summed E-state index contributed by atoms with van der Waals surface area (Å²) < 4.78 is 0. The van der Waals surface area contributed by atoms with Crippen molar-refractivity contribution in [3.05, 3.63) is 35.5 Å². The predicted octanol–water partition coefficient (Wildman–Crippen LogP) is 3.15. The van der Waals surface area contributed by atoms with Crippen molar-refractivity contribution in [2.24, 2.45) is 0 Å². The lowest BCUT2D eigenvalue weighted by Crippen LogP contribution is -1.94. The summed E-state index contributed by atoms with van der Waals surface area (Å²) in [5, 5.41) is 4.43. The zero-order valence-corrected chi connectivity index (χ0v) is 9.46. The van der Waals surface area contributed by atoms with Crippen LogP contribution in [-0.4, -0.2) is 12.0 Å². The average molecular weight is 200 g/mol. The summed E-state index contributed by atoms with van der Waals surface area (Å²) >= 11 is 0. The van der Waals surface area contributed by atoms with Crippen molar-refractivity contribution in [1.82, 2.24) is 4.98 Å². The summed E-state index contributed by atoms with van der Waals surface area (Å²) in [7, 11) is 1.95. The molecule has 2 nitrogen and oxygen atoms in total. The van der Waals surface area contributed by atoms with E-state index in [1.807, 2.05) is 14.0 Å². The highest BCUT2D eigenvalue weighted by Crippen LogP contribution is 2.24. The van der Waals surface area contributed by atoms with Crippen LogP contribution in [0, 0.1) is 6.92 Å². The molecule has 0 radical (unpaired) electrons. The Balaban J connectivity index is 2.73. The number of aromatic nitrogens is 1. The second-order valence-corrected chi connectivity index (χ2v) is 3.77. The van der Waals surface area contributed by atoms with Crippen LogP contribution in [0.1, 0.15) is 18.2 Å². The van der Waals surface area contributed by atoms with Gasteiger partial charge in [0.05, 0.1) is 5.52 Å². The van der Waals surface area contributed by atoms with Gasteiger partial charge in [-0.05, 0) is 37.1 Å². The maximum atomic E-state index is 4.52. The van der Waals surface area contributed by atoms with Gasteiger partial charge in [-0.15, -0.1) is 0 Å². The second kappa shape index (κ2) is 3.89. The molecule has 0 amide bonds. The molecule has 2 heteroatoms. The normalized spacial score (nSPS) is 10.6. The zero-order valence-electron chi connectivity index (χ0n) is 9.46. The van der Waals surface area contributed by atoms with Crippen molar-refractivity contribution >= 4 is 16.6 Å². The van der Waals surface area contributed by atoms with Gasteiger partial charge in [0.2, 0.25) is 0 Å². The molecular formula is C13H16N2. The summed E-state index contributed by atoms with van der Waals surface area (Å²) in [4.78, 5) is 4.52. The van der Waals surface area contributed by atoms with Crippen molar-refractivity contribution in [2.75, 3.05) is 12.4 Å². The minimum Gasteiger partial charge on any atom is -0.388 e. The van der Waals surface area contributed by atoms with Crippen LogP contribution in [0.3, 0.4) is 0 Å². The first-order chi connectivity index (χ1) is 7.24. The van der Waals surface area contributed by atoms with E-state index in [1.165, 1.54) is 10.9 Å². The minimum atomic E-state index is 1.05. The fraction of sp³-hybridized carbons (Fsp3) is 0.308. The Labute approximate surface area is 90.3 Å². The van der Waals surface area contributed by atoms with Crippen molar-refractivity contribution in [1.29, 1.82) is 0 Å². The van der Waals surface area contributed by atoms with Crippen molar-refractivity contribution < 1.29 is 0 Å². The molecule has 0 aliphatic carbocycles. The first-order valence-electron chi connectivity index (χ1n) is 5.32. The van der Waals surface area contributed by atoms with E-state index >= 15 is 0 Å². The molecule has 0 saturated carbocycles. The van der Waals surface area contributed by atoms with Crippen LogP contribution in [0.4, 0.5) is 5.69 Å². The number of fused-ring (bicyclic) bond motifs is 1. The van der Waals surface area contributed by atoms with Gasteiger partial charge in [-0.2, -0.15) is 0 Å². The Kier molecular flexibility index (Phi) is 2.58. The quantitative estimate of drug-likeness (QED) is 0.805. The van der Waals surface area contributed by atoms with E-state index in [4.69, 9.17) is 0 Å². The summed E-state index contributed by atoms with van der Waals surface area (Å²) in [6.45, 7) is 4.19. The Morgan fingerprint density at radius 2 is 2.07 bits per heavy atom. The van der Waals surface area contributed by atoms with Crippen LogP contribution >= 0.6 is 0 Å². The van der Waals surface area contributed by atoms with Gasteiger partial charge < -0.3 is 5.32 Å². The molecule has 1 N–H and O–H groups in total. The van der Waals surface area contributed by atoms with Gasteiger partial charge in [-0.25, -0.2) is 0 Å². The third-order valence-corrected chi connectivity index (χ3v) is 2.68. The molecular weight excluding hydrogens is 184 g/mol. The van der Waals surface area contributed by atoms with E-state index in [-0.39, 0.29) is 0 Å². The second-order valence-electron chi connectivity index (χ2n) is 3.77. The number of rotatable bonds is 2. The predicted molar refractivity (Wildman–Crippen MR) is 65.4 cm³/mol. The highest BCUT2D eigenvalue weighted by Gasteiger charge is 2.03. The number of nitrogens with zero attached hydrogens (tertiary/aromatic N) is 1. The molecule has 0 unspecified atom stereocenters. The molecule has 0 aliphatic heterocycles. The number of hydrogen-bond acceptors (Lipinski definition) is 2. The molecule has 1 aromatic heterocycles. The number of aryl methyl sites for hydroxylation is 2. The third-order valence-electron chi connectivity index (χ3n) is 2.68. The average Bonchev–Trinajstić information content (AvgIpc) is 2.27. The third kappa shape index (κ3) is 1.80. The van der Waals surface area contributed by atoms with E-state index in [9.17, 15) is 0 Å². The summed E-state index contributed by atoms with van der Waals surface area (Å²) in [6, 6.07) is 8.55. The van der Waals surface area contributed by atoms with Crippen LogP contribution in [0.5, 0.6) is 0 Å². The molecule has 15 heavy (non-hydrogen) atoms. The molecule has 0 saturated heterocycles. The monoisotopic (exact) mass is 200 g/mol. The molecule has 78 valence electrons. The van der Waals surface area contributed by atoms with Crippen molar-refractivity contribution in [2.45, 2.75) is 20.3 Å². The zero-order chi connectivity index (χ0) is 10.8. The van der Waals surface area contributed by atoms with Gasteiger partial charge in [0.15, 0.2) is 0 Å². The first-order valence-corrected chi connectivity index (χ1v) is 5.32. The van der Waals surface area contributed by atoms with Crippen LogP contribution in [0.15, 0.2) is 24.3 Å². The molecule has 0 atom stereocenters. The van der Waals surface area contributed by atoms with E-state index in [1.54, 1.807) is 0 Å². The topological polar surface area (TPSA) is 24.9 Å². The summed E-state index contributed by atoms with van der Waals surface area (Å²) in [5.41, 5.74) is 4.63. The van der Waals surface area contributed by atoms with E-state index < -0.39 is 0 Å². The molecule has 1 heterocycles. The minimum absolute atomic E-state index is 1.05. The summed E-state index contributed by atoms with van der Waals surface area (Å²) in [6.07, 6.45) is 1.06. The Bertz CT molecular complexity index is 489. The number of hydrogen-bond donors (Lipinski definition) is 1. The van der Waals surface area contributed by atoms with E-state index in [0.29, 0.717) is 0 Å². The van der Waals surface area contributed by atoms with Crippen molar-refractivity contribution in [3.8, 4) is 0 Å². The van der Waals surface area contributed by atoms with Gasteiger partial charge in [0.25, 0.3) is 0 Å². The number of benzene rings is 1. The maximum Gasteiger partial charge on any atom is 0.0726 e. The van der Waals surface area contributed by atoms with Crippen LogP contribution in [-0.2, 0) is 6.42 Å². The lowest BCUT2D eigenvalue weighted by molar-refractivity contribution is 1.14. The van der Waals surface area contributed by atoms with Gasteiger partial charge in [-0.1, -0.05) is 13.0 Å². The fourth-order valence-corrected chi connectivity index (χ4v) is 1.83. The Morgan fingerprint density at radius 1 is 1.27 bits per heavy atom. The lowest BCUT2D eigenvalue weighted by Gasteiger charge is -2.08. The number of anilines is 1. The molecule has 0 aliphatic rings. The van der Waals surface area contributed by atoms with E-state index in [2.05, 4.69) is 41.5 Å². The molecule has 0 bridgehead atoms. The SMILES string of the molecule is CCc1ccc2nc(C)cc(NC)c2c1. The number of pyridine rings is 1. The molecule has 2 rings (SSSR count). The van der Waals surface area contributed by atoms with Gasteiger partial charge in [0, 0.05) is 23.8 Å². The standard InChI is InChI=1S/C13H16N2/c1-4-10-5-6-12-11(8-10)13(14-3)7-9(2)15-12/h5-8H,4H2,1-3H3,(H,14,15). The smallest absolute Gasteiger partial charge is 0.0726 e. The first kappa shape index (κ1) is 9.97. The molecule has 0 fully saturated rings. The fourth-order valence-electron chi connectivity index (χ4n) is 1.83. The van der Waals surface area contributed by atoms with Crippen LogP contribution < -0.4 is 5.32 Å². The lowest BCUT2D eigenvalue weighted by atomic mass is 10.1. The molecule has 1 aromatic carbocycles. The van der Waals surface area contributed by atoms with Crippen LogP contribution in [0.25, 0.3) is 10.9 Å². The maximum absolute atomic E-state index is 4.52. The summed E-state index contributed by atoms with van der Waals surface area (Å²) in [5.74, 6) is 0. The highest BCUT2D eigenvalue weighted by molar-refractivity contribution is 5.91. The van der Waals surface area contributed by atoms with Gasteiger partial charge in [-0.3, -0.25) is 4.98 Å². The number of nitrogens with one attached hydrogen (secondary N) is 1. The van der Waals surface area contributed by atoms with E-state index in [0.717, 1.165) is 23.3 Å². The molecule has 2 aromatic rings. The largest absolute Gasteiger partial charge is 0.388 e. The van der Waals surface area contributed by atoms with Crippen molar-refractivity contribution in [3.63, 3.8) is 0 Å².